The number of aromatic hydroxyl groups is 1. The first-order valence-electron chi connectivity index (χ1n) is 6.67. The molecule has 0 bridgehead atoms. The Morgan fingerprint density at radius 3 is 2.67 bits per heavy atom. The summed E-state index contributed by atoms with van der Waals surface area (Å²) in [7, 11) is 1.62. The molecule has 1 aliphatic rings. The van der Waals surface area contributed by atoms with Gasteiger partial charge in [0, 0.05) is 23.6 Å². The summed E-state index contributed by atoms with van der Waals surface area (Å²) in [6, 6.07) is 3.23. The van der Waals surface area contributed by atoms with Crippen LogP contribution in [0.15, 0.2) is 12.1 Å². The summed E-state index contributed by atoms with van der Waals surface area (Å²) >= 11 is 12.2. The molecule has 0 amide bonds. The van der Waals surface area contributed by atoms with Gasteiger partial charge in [-0.2, -0.15) is 5.10 Å². The van der Waals surface area contributed by atoms with E-state index in [1.807, 2.05) is 0 Å². The van der Waals surface area contributed by atoms with Gasteiger partial charge >= 0.3 is 0 Å². The second-order valence-corrected chi connectivity index (χ2v) is 6.13. The Hall–Kier alpha value is -1.52. The first-order valence-corrected chi connectivity index (χ1v) is 7.42. The van der Waals surface area contributed by atoms with E-state index in [2.05, 4.69) is 5.10 Å². The zero-order valence-electron chi connectivity index (χ0n) is 11.7. The third kappa shape index (κ3) is 2.32. The molecular formula is C15H14Cl2N2O2. The van der Waals surface area contributed by atoms with Crippen LogP contribution in [0.25, 0.3) is 0 Å². The molecule has 0 spiro atoms. The Bertz CT molecular complexity index is 749. The van der Waals surface area contributed by atoms with Crippen LogP contribution in [-0.4, -0.2) is 20.7 Å². The van der Waals surface area contributed by atoms with Gasteiger partial charge in [-0.25, -0.2) is 4.68 Å². The van der Waals surface area contributed by atoms with Gasteiger partial charge in [0.15, 0.2) is 0 Å². The fourth-order valence-electron chi connectivity index (χ4n) is 2.37. The summed E-state index contributed by atoms with van der Waals surface area (Å²) in [5, 5.41) is 15.2. The van der Waals surface area contributed by atoms with Crippen molar-refractivity contribution < 1.29 is 9.90 Å². The summed E-state index contributed by atoms with van der Waals surface area (Å²) in [6.45, 7) is 1.76. The lowest BCUT2D eigenvalue weighted by atomic mass is 10.00. The predicted octanol–water partition coefficient (Wildman–Crippen LogP) is 3.85. The largest absolute Gasteiger partial charge is 0.493 e. The minimum atomic E-state index is -0.313. The number of halogens is 2. The SMILES string of the molecule is Cc1c(Cl)ccc(C(=O)c2c(C3CC3)nn(C)c2O)c1Cl. The monoisotopic (exact) mass is 324 g/mol. The zero-order chi connectivity index (χ0) is 15.3. The summed E-state index contributed by atoms with van der Waals surface area (Å²) in [5.41, 5.74) is 1.90. The molecule has 0 aliphatic heterocycles. The van der Waals surface area contributed by atoms with Crippen molar-refractivity contribution in [2.45, 2.75) is 25.7 Å². The summed E-state index contributed by atoms with van der Waals surface area (Å²) < 4.78 is 1.33. The molecule has 0 radical (unpaired) electrons. The average molecular weight is 325 g/mol. The van der Waals surface area contributed by atoms with Crippen LogP contribution in [0.2, 0.25) is 10.0 Å². The number of nitrogens with zero attached hydrogens (tertiary/aromatic N) is 2. The van der Waals surface area contributed by atoms with Crippen molar-refractivity contribution in [3.63, 3.8) is 0 Å². The molecule has 0 saturated heterocycles. The second-order valence-electron chi connectivity index (χ2n) is 5.34. The van der Waals surface area contributed by atoms with E-state index in [0.717, 1.165) is 12.8 Å². The van der Waals surface area contributed by atoms with Crippen molar-refractivity contribution in [3.05, 3.63) is 44.6 Å². The molecule has 6 heteroatoms. The third-order valence-electron chi connectivity index (χ3n) is 3.80. The zero-order valence-corrected chi connectivity index (χ0v) is 13.2. The number of rotatable bonds is 3. The van der Waals surface area contributed by atoms with Crippen molar-refractivity contribution >= 4 is 29.0 Å². The number of carbonyl (C=O) groups excluding carboxylic acids is 1. The predicted molar refractivity (Wildman–Crippen MR) is 81.5 cm³/mol. The maximum absolute atomic E-state index is 12.8. The van der Waals surface area contributed by atoms with Crippen LogP contribution in [0.1, 0.15) is 45.9 Å². The lowest BCUT2D eigenvalue weighted by Crippen LogP contribution is -2.05. The van der Waals surface area contributed by atoms with Gasteiger partial charge < -0.3 is 5.11 Å². The molecule has 3 rings (SSSR count). The Kier molecular flexibility index (Phi) is 3.46. The van der Waals surface area contributed by atoms with Crippen molar-refractivity contribution in [1.82, 2.24) is 9.78 Å². The lowest BCUT2D eigenvalue weighted by Gasteiger charge is -2.08. The summed E-state index contributed by atoms with van der Waals surface area (Å²) in [6.07, 6.45) is 1.98. The highest BCUT2D eigenvalue weighted by Crippen LogP contribution is 2.44. The Balaban J connectivity index is 2.13. The molecular weight excluding hydrogens is 311 g/mol. The molecule has 0 atom stereocenters. The van der Waals surface area contributed by atoms with Gasteiger partial charge in [-0.1, -0.05) is 23.2 Å². The number of hydrogen-bond donors (Lipinski definition) is 1. The van der Waals surface area contributed by atoms with Crippen molar-refractivity contribution in [2.24, 2.45) is 7.05 Å². The molecule has 110 valence electrons. The van der Waals surface area contributed by atoms with Crippen LogP contribution in [0, 0.1) is 6.92 Å². The van der Waals surface area contributed by atoms with E-state index in [4.69, 9.17) is 23.2 Å². The van der Waals surface area contributed by atoms with Gasteiger partial charge in [-0.15, -0.1) is 0 Å². The topological polar surface area (TPSA) is 55.1 Å². The molecule has 1 aromatic carbocycles. The van der Waals surface area contributed by atoms with Crippen molar-refractivity contribution in [1.29, 1.82) is 0 Å². The number of hydrogen-bond acceptors (Lipinski definition) is 3. The molecule has 2 aromatic rings. The van der Waals surface area contributed by atoms with E-state index in [-0.39, 0.29) is 23.1 Å². The van der Waals surface area contributed by atoms with Gasteiger partial charge in [0.2, 0.25) is 11.7 Å². The Morgan fingerprint density at radius 1 is 1.38 bits per heavy atom. The van der Waals surface area contributed by atoms with E-state index >= 15 is 0 Å². The van der Waals surface area contributed by atoms with Gasteiger partial charge in [0.1, 0.15) is 5.56 Å². The lowest BCUT2D eigenvalue weighted by molar-refractivity contribution is 0.103. The second kappa shape index (κ2) is 5.04. The quantitative estimate of drug-likeness (QED) is 0.872. The van der Waals surface area contributed by atoms with Crippen molar-refractivity contribution in [3.8, 4) is 5.88 Å². The molecule has 1 fully saturated rings. The van der Waals surface area contributed by atoms with E-state index in [9.17, 15) is 9.90 Å². The summed E-state index contributed by atoms with van der Waals surface area (Å²) in [4.78, 5) is 12.8. The molecule has 1 N–H and O–H groups in total. The average Bonchev–Trinajstić information content (AvgIpc) is 3.24. The smallest absolute Gasteiger partial charge is 0.220 e. The number of carbonyl (C=O) groups is 1. The van der Waals surface area contributed by atoms with E-state index in [1.54, 1.807) is 26.1 Å². The minimum Gasteiger partial charge on any atom is -0.493 e. The molecule has 0 unspecified atom stereocenters. The number of ketones is 1. The minimum absolute atomic E-state index is 0.120. The van der Waals surface area contributed by atoms with Crippen LogP contribution >= 0.6 is 23.2 Å². The van der Waals surface area contributed by atoms with Crippen molar-refractivity contribution in [2.75, 3.05) is 0 Å². The van der Waals surface area contributed by atoms with Crippen LogP contribution < -0.4 is 0 Å². The first kappa shape index (κ1) is 14.4. The summed E-state index contributed by atoms with van der Waals surface area (Å²) in [5.74, 6) is -0.180. The number of aromatic nitrogens is 2. The highest BCUT2D eigenvalue weighted by molar-refractivity contribution is 6.38. The molecule has 1 heterocycles. The van der Waals surface area contributed by atoms with Gasteiger partial charge in [-0.3, -0.25) is 4.79 Å². The van der Waals surface area contributed by atoms with Crippen LogP contribution in [0.3, 0.4) is 0 Å². The Labute approximate surface area is 132 Å². The highest BCUT2D eigenvalue weighted by Gasteiger charge is 2.35. The standard InChI is InChI=1S/C15H14Cl2N2O2/c1-7-10(16)6-5-9(12(7)17)14(20)11-13(8-3-4-8)18-19(2)15(11)21/h5-6,8,21H,3-4H2,1-2H3. The Morgan fingerprint density at radius 2 is 2.05 bits per heavy atom. The fraction of sp³-hybridized carbons (Fsp3) is 0.333. The molecule has 1 aromatic heterocycles. The van der Waals surface area contributed by atoms with Crippen LogP contribution in [0.5, 0.6) is 5.88 Å². The number of aryl methyl sites for hydroxylation is 1. The van der Waals surface area contributed by atoms with E-state index < -0.39 is 0 Å². The van der Waals surface area contributed by atoms with Crippen LogP contribution in [0.4, 0.5) is 0 Å². The van der Waals surface area contributed by atoms with E-state index in [1.165, 1.54) is 4.68 Å². The van der Waals surface area contributed by atoms with Crippen LogP contribution in [-0.2, 0) is 7.05 Å². The highest BCUT2D eigenvalue weighted by atomic mass is 35.5. The fourth-order valence-corrected chi connectivity index (χ4v) is 2.82. The van der Waals surface area contributed by atoms with Gasteiger partial charge in [-0.05, 0) is 37.5 Å². The van der Waals surface area contributed by atoms with Gasteiger partial charge in [0.05, 0.1) is 10.7 Å². The number of benzene rings is 1. The molecule has 4 nitrogen and oxygen atoms in total. The first-order chi connectivity index (χ1) is 9.91. The maximum Gasteiger partial charge on any atom is 0.220 e. The molecule has 21 heavy (non-hydrogen) atoms. The molecule has 1 saturated carbocycles. The third-order valence-corrected chi connectivity index (χ3v) is 4.70. The molecule has 1 aliphatic carbocycles. The maximum atomic E-state index is 12.8. The normalized spacial score (nSPS) is 14.5. The van der Waals surface area contributed by atoms with Gasteiger partial charge in [0.25, 0.3) is 0 Å². The van der Waals surface area contributed by atoms with E-state index in [0.29, 0.717) is 26.9 Å².